The zero-order valence-corrected chi connectivity index (χ0v) is 19.5. The maximum absolute atomic E-state index is 11.5. The summed E-state index contributed by atoms with van der Waals surface area (Å²) in [5.74, 6) is -1.46. The molecule has 1 aliphatic heterocycles. The van der Waals surface area contributed by atoms with Crippen molar-refractivity contribution in [2.24, 2.45) is 0 Å². The Labute approximate surface area is 201 Å². The first-order chi connectivity index (χ1) is 16.2. The summed E-state index contributed by atoms with van der Waals surface area (Å²) in [6.45, 7) is 1.42. The number of thiocarbonyl (C=S) groups is 1. The summed E-state index contributed by atoms with van der Waals surface area (Å²) < 4.78 is 6.19. The molecule has 176 valence electrons. The molecular formula is C24H24N4O5S. The van der Waals surface area contributed by atoms with Crippen molar-refractivity contribution in [2.75, 3.05) is 27.2 Å². The summed E-state index contributed by atoms with van der Waals surface area (Å²) in [7, 11) is 3.97. The highest BCUT2D eigenvalue weighted by molar-refractivity contribution is 7.80. The molecule has 0 amide bonds. The highest BCUT2D eigenvalue weighted by Crippen LogP contribution is 2.40. The number of aromatic carboxylic acids is 2. The SMILES string of the molecule is CN(C)CCN1C(=S)N[C@@H](c2ccccn2)[C@H]1c1ccc(-c2cc(C(=O)O)cc(C(=O)O)c2)o1. The molecule has 3 aromatic rings. The minimum absolute atomic E-state index is 0.129. The number of pyridine rings is 1. The summed E-state index contributed by atoms with van der Waals surface area (Å²) in [6.07, 6.45) is 1.72. The standard InChI is InChI=1S/C24H24N4O5S/c1-27(2)9-10-28-21(20(26-24(28)34)17-5-3-4-8-25-17)19-7-6-18(33-19)14-11-15(22(29)30)13-16(12-14)23(31)32/h3-8,11-13,20-21H,9-10H2,1-2H3,(H,26,34)(H,29,30)(H,31,32)/t20-,21+/m0/s1. The van der Waals surface area contributed by atoms with Gasteiger partial charge in [-0.15, -0.1) is 0 Å². The molecule has 3 N–H and O–H groups in total. The predicted molar refractivity (Wildman–Crippen MR) is 129 cm³/mol. The van der Waals surface area contributed by atoms with Gasteiger partial charge in [-0.25, -0.2) is 9.59 Å². The molecule has 1 saturated heterocycles. The van der Waals surface area contributed by atoms with Gasteiger partial charge >= 0.3 is 11.9 Å². The van der Waals surface area contributed by atoms with Crippen molar-refractivity contribution in [2.45, 2.75) is 12.1 Å². The quantitative estimate of drug-likeness (QED) is 0.415. The largest absolute Gasteiger partial charge is 0.478 e. The fraction of sp³-hybridized carbons (Fsp3) is 0.250. The number of furan rings is 1. The average Bonchev–Trinajstić information content (AvgIpc) is 3.42. The number of hydrogen-bond acceptors (Lipinski definition) is 6. The molecule has 1 aliphatic rings. The van der Waals surface area contributed by atoms with Gasteiger partial charge < -0.3 is 29.7 Å². The molecule has 3 heterocycles. The lowest BCUT2D eigenvalue weighted by Gasteiger charge is -2.27. The van der Waals surface area contributed by atoms with Crippen LogP contribution in [0.15, 0.2) is 59.1 Å². The number of rotatable bonds is 8. The number of carboxylic acid groups (broad SMARTS) is 2. The van der Waals surface area contributed by atoms with Gasteiger partial charge in [-0.05, 0) is 68.8 Å². The Morgan fingerprint density at radius 3 is 2.41 bits per heavy atom. The van der Waals surface area contributed by atoms with Crippen LogP contribution >= 0.6 is 12.2 Å². The van der Waals surface area contributed by atoms with Crippen LogP contribution in [0.4, 0.5) is 0 Å². The van der Waals surface area contributed by atoms with E-state index in [0.717, 1.165) is 18.3 Å². The van der Waals surface area contributed by atoms with Crippen LogP contribution < -0.4 is 5.32 Å². The van der Waals surface area contributed by atoms with Gasteiger partial charge in [0.05, 0.1) is 22.9 Å². The lowest BCUT2D eigenvalue weighted by molar-refractivity contribution is 0.0696. The van der Waals surface area contributed by atoms with Gasteiger partial charge in [0.2, 0.25) is 0 Å². The maximum atomic E-state index is 11.5. The molecule has 4 rings (SSSR count). The number of carboxylic acids is 2. The van der Waals surface area contributed by atoms with E-state index in [2.05, 4.69) is 15.2 Å². The smallest absolute Gasteiger partial charge is 0.335 e. The van der Waals surface area contributed by atoms with Crippen molar-refractivity contribution in [1.82, 2.24) is 20.1 Å². The number of benzene rings is 1. The monoisotopic (exact) mass is 480 g/mol. The minimum Gasteiger partial charge on any atom is -0.478 e. The van der Waals surface area contributed by atoms with Crippen molar-refractivity contribution < 1.29 is 24.2 Å². The zero-order chi connectivity index (χ0) is 24.4. The highest BCUT2D eigenvalue weighted by atomic mass is 32.1. The first-order valence-corrected chi connectivity index (χ1v) is 11.0. The Morgan fingerprint density at radius 2 is 1.82 bits per heavy atom. The van der Waals surface area contributed by atoms with E-state index in [1.165, 1.54) is 12.1 Å². The van der Waals surface area contributed by atoms with Gasteiger partial charge in [0.25, 0.3) is 0 Å². The summed E-state index contributed by atoms with van der Waals surface area (Å²) in [4.78, 5) is 31.6. The number of carbonyl (C=O) groups is 2. The van der Waals surface area contributed by atoms with Gasteiger partial charge in [0, 0.05) is 24.8 Å². The Kier molecular flexibility index (Phi) is 6.62. The van der Waals surface area contributed by atoms with E-state index < -0.39 is 11.9 Å². The van der Waals surface area contributed by atoms with E-state index in [4.69, 9.17) is 16.6 Å². The van der Waals surface area contributed by atoms with E-state index in [0.29, 0.717) is 28.7 Å². The van der Waals surface area contributed by atoms with E-state index in [9.17, 15) is 19.8 Å². The van der Waals surface area contributed by atoms with Gasteiger partial charge in [-0.3, -0.25) is 4.98 Å². The molecule has 9 nitrogen and oxygen atoms in total. The van der Waals surface area contributed by atoms with Crippen molar-refractivity contribution in [3.63, 3.8) is 0 Å². The number of hydrogen-bond donors (Lipinski definition) is 3. The third-order valence-electron chi connectivity index (χ3n) is 5.62. The van der Waals surface area contributed by atoms with Crippen LogP contribution in [-0.4, -0.2) is 69.2 Å². The second-order valence-corrected chi connectivity index (χ2v) is 8.62. The Morgan fingerprint density at radius 1 is 1.12 bits per heavy atom. The molecule has 0 aliphatic carbocycles. The van der Waals surface area contributed by atoms with Crippen LogP contribution in [0, 0.1) is 0 Å². The molecule has 2 atom stereocenters. The highest BCUT2D eigenvalue weighted by Gasteiger charge is 2.41. The average molecular weight is 481 g/mol. The molecule has 0 bridgehead atoms. The Bertz CT molecular complexity index is 1190. The molecule has 1 aromatic carbocycles. The van der Waals surface area contributed by atoms with Gasteiger partial charge in [0.15, 0.2) is 5.11 Å². The lowest BCUT2D eigenvalue weighted by Crippen LogP contribution is -2.35. The minimum atomic E-state index is -1.22. The zero-order valence-electron chi connectivity index (χ0n) is 18.6. The van der Waals surface area contributed by atoms with E-state index >= 15 is 0 Å². The first kappa shape index (κ1) is 23.4. The van der Waals surface area contributed by atoms with Crippen LogP contribution in [0.5, 0.6) is 0 Å². The van der Waals surface area contributed by atoms with E-state index in [1.54, 1.807) is 12.3 Å². The van der Waals surface area contributed by atoms with Crippen LogP contribution in [-0.2, 0) is 0 Å². The van der Waals surface area contributed by atoms with Crippen molar-refractivity contribution in [1.29, 1.82) is 0 Å². The maximum Gasteiger partial charge on any atom is 0.335 e. The topological polar surface area (TPSA) is 119 Å². The molecule has 2 aromatic heterocycles. The summed E-state index contributed by atoms with van der Waals surface area (Å²) in [6, 6.07) is 12.6. The van der Waals surface area contributed by atoms with E-state index in [1.807, 2.05) is 43.3 Å². The van der Waals surface area contributed by atoms with Crippen molar-refractivity contribution >= 4 is 29.3 Å². The Hall–Kier alpha value is -3.76. The first-order valence-electron chi connectivity index (χ1n) is 10.6. The normalized spacial score (nSPS) is 17.7. The number of nitrogens with one attached hydrogen (secondary N) is 1. The molecule has 0 unspecified atom stereocenters. The van der Waals surface area contributed by atoms with Crippen LogP contribution in [0.2, 0.25) is 0 Å². The third-order valence-corrected chi connectivity index (χ3v) is 5.97. The van der Waals surface area contributed by atoms with Crippen LogP contribution in [0.3, 0.4) is 0 Å². The molecular weight excluding hydrogens is 456 g/mol. The lowest BCUT2D eigenvalue weighted by atomic mass is 10.0. The van der Waals surface area contributed by atoms with Gasteiger partial charge in [0.1, 0.15) is 17.6 Å². The number of likely N-dealkylation sites (N-methyl/N-ethyl adjacent to an activating group) is 1. The van der Waals surface area contributed by atoms with Crippen LogP contribution in [0.1, 0.15) is 44.3 Å². The van der Waals surface area contributed by atoms with E-state index in [-0.39, 0.29) is 23.2 Å². The third kappa shape index (κ3) is 4.78. The fourth-order valence-corrected chi connectivity index (χ4v) is 4.28. The molecule has 0 spiro atoms. The fourth-order valence-electron chi connectivity index (χ4n) is 3.95. The number of nitrogens with zero attached hydrogens (tertiary/aromatic N) is 3. The van der Waals surface area contributed by atoms with Crippen LogP contribution in [0.25, 0.3) is 11.3 Å². The van der Waals surface area contributed by atoms with Gasteiger partial charge in [-0.1, -0.05) is 6.07 Å². The predicted octanol–water partition coefficient (Wildman–Crippen LogP) is 3.27. The molecule has 10 heteroatoms. The van der Waals surface area contributed by atoms with Crippen molar-refractivity contribution in [3.8, 4) is 11.3 Å². The number of aromatic nitrogens is 1. The summed E-state index contributed by atoms with van der Waals surface area (Å²) in [5.41, 5.74) is 0.915. The molecule has 0 radical (unpaired) electrons. The second-order valence-electron chi connectivity index (χ2n) is 8.23. The van der Waals surface area contributed by atoms with Gasteiger partial charge in [-0.2, -0.15) is 0 Å². The summed E-state index contributed by atoms with van der Waals surface area (Å²) in [5, 5.41) is 22.7. The molecule has 1 fully saturated rings. The second kappa shape index (κ2) is 9.62. The Balaban J connectivity index is 1.75. The molecule has 0 saturated carbocycles. The van der Waals surface area contributed by atoms with Crippen molar-refractivity contribution in [3.05, 3.63) is 77.3 Å². The summed E-state index contributed by atoms with van der Waals surface area (Å²) >= 11 is 5.63. The molecule has 34 heavy (non-hydrogen) atoms.